The van der Waals surface area contributed by atoms with E-state index in [1.807, 2.05) is 30.3 Å². The summed E-state index contributed by atoms with van der Waals surface area (Å²) < 4.78 is 2.10. The Morgan fingerprint density at radius 2 is 2.08 bits per heavy atom. The number of halogens is 1. The standard InChI is InChI=1S/C16H18N6S.ClH/c1-2-5-12(6-3-1)15-19-20-16(23-15)18-10-13-9-14-11-17-7-4-8-22(14)21-13;/h1-3,5-6,9,17H,4,7-8,10-11H2,(H,18,20);1H. The number of hydrogen-bond donors (Lipinski definition) is 2. The van der Waals surface area contributed by atoms with E-state index in [1.165, 1.54) is 5.69 Å². The molecule has 0 unspecified atom stereocenters. The van der Waals surface area contributed by atoms with Gasteiger partial charge in [-0.3, -0.25) is 4.68 Å². The predicted octanol–water partition coefficient (Wildman–Crippen LogP) is 2.93. The fourth-order valence-corrected chi connectivity index (χ4v) is 3.41. The zero-order valence-corrected chi connectivity index (χ0v) is 14.7. The number of nitrogens with zero attached hydrogens (tertiary/aromatic N) is 4. The first-order chi connectivity index (χ1) is 11.4. The number of benzene rings is 1. The molecule has 8 heteroatoms. The van der Waals surface area contributed by atoms with Crippen molar-refractivity contribution in [1.29, 1.82) is 0 Å². The summed E-state index contributed by atoms with van der Waals surface area (Å²) in [6.07, 6.45) is 1.12. The summed E-state index contributed by atoms with van der Waals surface area (Å²) in [5.74, 6) is 0. The van der Waals surface area contributed by atoms with Crippen molar-refractivity contribution in [2.24, 2.45) is 0 Å². The molecule has 0 bridgehead atoms. The lowest BCUT2D eigenvalue weighted by Crippen LogP contribution is -2.11. The second-order valence-electron chi connectivity index (χ2n) is 5.51. The second-order valence-corrected chi connectivity index (χ2v) is 6.49. The number of nitrogens with one attached hydrogen (secondary N) is 2. The Kier molecular flexibility index (Phi) is 5.44. The van der Waals surface area contributed by atoms with Gasteiger partial charge in [0.2, 0.25) is 5.13 Å². The van der Waals surface area contributed by atoms with Crippen molar-refractivity contribution < 1.29 is 0 Å². The van der Waals surface area contributed by atoms with Gasteiger partial charge in [0.15, 0.2) is 0 Å². The highest BCUT2D eigenvalue weighted by Gasteiger charge is 2.11. The molecule has 0 radical (unpaired) electrons. The largest absolute Gasteiger partial charge is 0.354 e. The van der Waals surface area contributed by atoms with E-state index in [-0.39, 0.29) is 12.4 Å². The Hall–Kier alpha value is -1.96. The number of aryl methyl sites for hydroxylation is 1. The molecule has 0 saturated carbocycles. The minimum absolute atomic E-state index is 0. The highest BCUT2D eigenvalue weighted by atomic mass is 35.5. The van der Waals surface area contributed by atoms with E-state index in [0.29, 0.717) is 6.54 Å². The first-order valence-corrected chi connectivity index (χ1v) is 8.59. The van der Waals surface area contributed by atoms with Crippen LogP contribution in [0.2, 0.25) is 0 Å². The SMILES string of the molecule is Cl.c1ccc(-c2nnc(NCc3cc4n(n3)CCCNC4)s2)cc1. The van der Waals surface area contributed by atoms with Crippen LogP contribution >= 0.6 is 23.7 Å². The molecule has 0 spiro atoms. The van der Waals surface area contributed by atoms with E-state index >= 15 is 0 Å². The molecule has 1 aliphatic heterocycles. The fourth-order valence-electron chi connectivity index (χ4n) is 2.67. The van der Waals surface area contributed by atoms with Crippen LogP contribution in [-0.2, 0) is 19.6 Å². The van der Waals surface area contributed by atoms with Crippen molar-refractivity contribution in [3.05, 3.63) is 47.8 Å². The highest BCUT2D eigenvalue weighted by Crippen LogP contribution is 2.26. The summed E-state index contributed by atoms with van der Waals surface area (Å²) in [6, 6.07) is 12.3. The van der Waals surface area contributed by atoms with Crippen LogP contribution in [0, 0.1) is 0 Å². The number of hydrogen-bond acceptors (Lipinski definition) is 6. The van der Waals surface area contributed by atoms with E-state index in [2.05, 4.69) is 36.7 Å². The first kappa shape index (κ1) is 16.9. The normalized spacial score (nSPS) is 13.7. The summed E-state index contributed by atoms with van der Waals surface area (Å²) in [5.41, 5.74) is 3.39. The lowest BCUT2D eigenvalue weighted by Gasteiger charge is -2.00. The molecule has 1 aromatic carbocycles. The first-order valence-electron chi connectivity index (χ1n) is 7.77. The minimum atomic E-state index is 0. The van der Waals surface area contributed by atoms with Crippen LogP contribution in [-0.4, -0.2) is 26.5 Å². The second kappa shape index (κ2) is 7.74. The Bertz CT molecular complexity index is 761. The van der Waals surface area contributed by atoms with Crippen molar-refractivity contribution >= 4 is 28.9 Å². The molecule has 2 N–H and O–H groups in total. The number of anilines is 1. The molecule has 126 valence electrons. The molecule has 3 aromatic rings. The number of fused-ring (bicyclic) bond motifs is 1. The molecule has 24 heavy (non-hydrogen) atoms. The van der Waals surface area contributed by atoms with Gasteiger partial charge in [0, 0.05) is 18.7 Å². The van der Waals surface area contributed by atoms with Crippen molar-refractivity contribution in [2.75, 3.05) is 11.9 Å². The molecule has 0 atom stereocenters. The maximum atomic E-state index is 4.66. The number of aromatic nitrogens is 4. The lowest BCUT2D eigenvalue weighted by atomic mass is 10.2. The summed E-state index contributed by atoms with van der Waals surface area (Å²) in [4.78, 5) is 0. The molecule has 1 aliphatic rings. The van der Waals surface area contributed by atoms with Crippen molar-refractivity contribution in [1.82, 2.24) is 25.3 Å². The van der Waals surface area contributed by atoms with Gasteiger partial charge < -0.3 is 10.6 Å². The van der Waals surface area contributed by atoms with E-state index in [4.69, 9.17) is 0 Å². The minimum Gasteiger partial charge on any atom is -0.354 e. The third kappa shape index (κ3) is 3.75. The summed E-state index contributed by atoms with van der Waals surface area (Å²) in [6.45, 7) is 3.61. The molecule has 0 aliphatic carbocycles. The molecular formula is C16H19ClN6S. The summed E-state index contributed by atoms with van der Waals surface area (Å²) in [7, 11) is 0. The van der Waals surface area contributed by atoms with Gasteiger partial charge in [-0.15, -0.1) is 22.6 Å². The van der Waals surface area contributed by atoms with E-state index in [0.717, 1.165) is 47.5 Å². The van der Waals surface area contributed by atoms with Crippen LogP contribution in [0.3, 0.4) is 0 Å². The van der Waals surface area contributed by atoms with Gasteiger partial charge in [0.05, 0.1) is 17.9 Å². The van der Waals surface area contributed by atoms with Gasteiger partial charge in [0.1, 0.15) is 5.01 Å². The van der Waals surface area contributed by atoms with Gasteiger partial charge in [-0.1, -0.05) is 41.7 Å². The van der Waals surface area contributed by atoms with Gasteiger partial charge in [0.25, 0.3) is 0 Å². The maximum absolute atomic E-state index is 4.66. The summed E-state index contributed by atoms with van der Waals surface area (Å²) in [5, 5.41) is 21.6. The predicted molar refractivity (Wildman–Crippen MR) is 98.5 cm³/mol. The molecule has 3 heterocycles. The average molecular weight is 363 g/mol. The Balaban J connectivity index is 0.00000169. The molecule has 6 nitrogen and oxygen atoms in total. The Morgan fingerprint density at radius 3 is 2.96 bits per heavy atom. The highest BCUT2D eigenvalue weighted by molar-refractivity contribution is 7.18. The van der Waals surface area contributed by atoms with Crippen molar-refractivity contribution in [2.45, 2.75) is 26.1 Å². The van der Waals surface area contributed by atoms with E-state index < -0.39 is 0 Å². The molecule has 4 rings (SSSR count). The zero-order valence-electron chi connectivity index (χ0n) is 13.1. The van der Waals surface area contributed by atoms with E-state index in [9.17, 15) is 0 Å². The van der Waals surface area contributed by atoms with Gasteiger partial charge in [-0.25, -0.2) is 0 Å². The van der Waals surface area contributed by atoms with Crippen LogP contribution in [0.1, 0.15) is 17.8 Å². The van der Waals surface area contributed by atoms with Gasteiger partial charge in [-0.05, 0) is 19.0 Å². The van der Waals surface area contributed by atoms with Crippen LogP contribution in [0.4, 0.5) is 5.13 Å². The monoisotopic (exact) mass is 362 g/mol. The zero-order chi connectivity index (χ0) is 15.5. The smallest absolute Gasteiger partial charge is 0.206 e. The Morgan fingerprint density at radius 1 is 1.21 bits per heavy atom. The van der Waals surface area contributed by atoms with Gasteiger partial charge in [-0.2, -0.15) is 5.10 Å². The van der Waals surface area contributed by atoms with Crippen molar-refractivity contribution in [3.8, 4) is 10.6 Å². The van der Waals surface area contributed by atoms with Crippen LogP contribution in [0.15, 0.2) is 36.4 Å². The summed E-state index contributed by atoms with van der Waals surface area (Å²) >= 11 is 1.56. The molecule has 0 fully saturated rings. The third-order valence-electron chi connectivity index (χ3n) is 3.81. The molecular weight excluding hydrogens is 344 g/mol. The molecule has 0 amide bonds. The fraction of sp³-hybridized carbons (Fsp3) is 0.312. The van der Waals surface area contributed by atoms with Gasteiger partial charge >= 0.3 is 0 Å². The molecule has 0 saturated heterocycles. The maximum Gasteiger partial charge on any atom is 0.206 e. The van der Waals surface area contributed by atoms with Crippen LogP contribution < -0.4 is 10.6 Å². The van der Waals surface area contributed by atoms with E-state index in [1.54, 1.807) is 11.3 Å². The lowest BCUT2D eigenvalue weighted by molar-refractivity contribution is 0.581. The number of rotatable bonds is 4. The van der Waals surface area contributed by atoms with Crippen LogP contribution in [0.5, 0.6) is 0 Å². The third-order valence-corrected chi connectivity index (χ3v) is 4.74. The average Bonchev–Trinajstić information content (AvgIpc) is 3.16. The van der Waals surface area contributed by atoms with Crippen molar-refractivity contribution in [3.63, 3.8) is 0 Å². The molecule has 2 aromatic heterocycles. The Labute approximate surface area is 150 Å². The topological polar surface area (TPSA) is 67.7 Å². The quantitative estimate of drug-likeness (QED) is 0.747. The van der Waals surface area contributed by atoms with Crippen LogP contribution in [0.25, 0.3) is 10.6 Å².